The Kier molecular flexibility index (Phi) is 4.67. The van der Waals surface area contributed by atoms with Gasteiger partial charge in [-0.2, -0.15) is 0 Å². The molecule has 0 spiro atoms. The molecule has 0 aliphatic heterocycles. The Labute approximate surface area is 140 Å². The average Bonchev–Trinajstić information content (AvgIpc) is 2.57. The van der Waals surface area contributed by atoms with Gasteiger partial charge in [-0.25, -0.2) is 4.39 Å². The first-order valence-electron chi connectivity index (χ1n) is 8.21. The fraction of sp³-hybridized carbons (Fsp3) is 0.350. The molecule has 24 heavy (non-hydrogen) atoms. The molecule has 0 heterocycles. The molecule has 4 heteroatoms. The molecule has 2 aromatic rings. The molecule has 126 valence electrons. The number of aliphatic hydroxyl groups is 1. The van der Waals surface area contributed by atoms with Crippen molar-refractivity contribution < 1.29 is 19.4 Å². The third-order valence-electron chi connectivity index (χ3n) is 5.00. The minimum absolute atomic E-state index is 0.220. The molecule has 0 aromatic heterocycles. The zero-order valence-corrected chi connectivity index (χ0v) is 13.4. The van der Waals surface area contributed by atoms with E-state index in [2.05, 4.69) is 0 Å². The molecule has 0 bridgehead atoms. The van der Waals surface area contributed by atoms with Crippen LogP contribution < -0.4 is 0 Å². The first kappa shape index (κ1) is 16.7. The fourth-order valence-electron chi connectivity index (χ4n) is 3.77. The summed E-state index contributed by atoms with van der Waals surface area (Å²) < 4.78 is 13.1. The summed E-state index contributed by atoms with van der Waals surface area (Å²) in [6.07, 6.45) is 1.67. The molecule has 2 N–H and O–H groups in total. The monoisotopic (exact) mass is 328 g/mol. The van der Waals surface area contributed by atoms with Crippen molar-refractivity contribution in [2.45, 2.75) is 37.2 Å². The molecule has 0 saturated heterocycles. The van der Waals surface area contributed by atoms with Crippen molar-refractivity contribution in [1.29, 1.82) is 0 Å². The first-order chi connectivity index (χ1) is 11.5. The number of carbonyl (C=O) groups is 1. The molecular weight excluding hydrogens is 307 g/mol. The van der Waals surface area contributed by atoms with Crippen LogP contribution in [0.1, 0.15) is 36.3 Å². The predicted octanol–water partition coefficient (Wildman–Crippen LogP) is 3.77. The van der Waals surface area contributed by atoms with Crippen molar-refractivity contribution in [3.05, 3.63) is 71.5 Å². The number of hydrogen-bond acceptors (Lipinski definition) is 2. The SMILES string of the molecule is O=C(O)[C@@H]1CC[C@@](O)(Cc2ccc(F)cc2)C[C@H]1c1ccccc1. The van der Waals surface area contributed by atoms with E-state index >= 15 is 0 Å². The maximum Gasteiger partial charge on any atom is 0.307 e. The third-order valence-corrected chi connectivity index (χ3v) is 5.00. The number of rotatable bonds is 4. The number of hydrogen-bond donors (Lipinski definition) is 2. The lowest BCUT2D eigenvalue weighted by molar-refractivity contribution is -0.146. The summed E-state index contributed by atoms with van der Waals surface area (Å²) in [7, 11) is 0. The van der Waals surface area contributed by atoms with Crippen LogP contribution in [0.3, 0.4) is 0 Å². The van der Waals surface area contributed by atoms with Crippen LogP contribution in [-0.2, 0) is 11.2 Å². The number of benzene rings is 2. The lowest BCUT2D eigenvalue weighted by Gasteiger charge is -2.40. The first-order valence-corrected chi connectivity index (χ1v) is 8.21. The van der Waals surface area contributed by atoms with Crippen LogP contribution in [-0.4, -0.2) is 21.8 Å². The zero-order valence-electron chi connectivity index (χ0n) is 13.4. The van der Waals surface area contributed by atoms with Crippen LogP contribution in [0.5, 0.6) is 0 Å². The van der Waals surface area contributed by atoms with Crippen LogP contribution in [0, 0.1) is 11.7 Å². The summed E-state index contributed by atoms with van der Waals surface area (Å²) in [6, 6.07) is 15.6. The lowest BCUT2D eigenvalue weighted by atomic mass is 9.67. The van der Waals surface area contributed by atoms with E-state index in [1.807, 2.05) is 30.3 Å². The molecule has 1 fully saturated rings. The molecule has 1 saturated carbocycles. The molecule has 3 atom stereocenters. The second kappa shape index (κ2) is 6.73. The van der Waals surface area contributed by atoms with Gasteiger partial charge >= 0.3 is 5.97 Å². The Hall–Kier alpha value is -2.20. The van der Waals surface area contributed by atoms with Crippen molar-refractivity contribution in [2.75, 3.05) is 0 Å². The normalized spacial score (nSPS) is 26.9. The molecule has 1 aliphatic carbocycles. The van der Waals surface area contributed by atoms with Crippen LogP contribution in [0.15, 0.2) is 54.6 Å². The van der Waals surface area contributed by atoms with E-state index in [0.29, 0.717) is 25.7 Å². The maximum absolute atomic E-state index is 13.1. The van der Waals surface area contributed by atoms with Gasteiger partial charge in [0.1, 0.15) is 5.82 Å². The Morgan fingerprint density at radius 3 is 2.42 bits per heavy atom. The van der Waals surface area contributed by atoms with Crippen molar-refractivity contribution in [2.24, 2.45) is 5.92 Å². The highest BCUT2D eigenvalue weighted by atomic mass is 19.1. The third kappa shape index (κ3) is 3.65. The highest BCUT2D eigenvalue weighted by Gasteiger charge is 2.42. The second-order valence-electron chi connectivity index (χ2n) is 6.73. The van der Waals surface area contributed by atoms with Gasteiger partial charge in [0, 0.05) is 6.42 Å². The van der Waals surface area contributed by atoms with Crippen molar-refractivity contribution in [1.82, 2.24) is 0 Å². The Balaban J connectivity index is 1.83. The second-order valence-corrected chi connectivity index (χ2v) is 6.73. The van der Waals surface area contributed by atoms with Crippen LogP contribution in [0.25, 0.3) is 0 Å². The van der Waals surface area contributed by atoms with Gasteiger partial charge in [0.2, 0.25) is 0 Å². The fourth-order valence-corrected chi connectivity index (χ4v) is 3.77. The van der Waals surface area contributed by atoms with E-state index in [1.54, 1.807) is 12.1 Å². The van der Waals surface area contributed by atoms with E-state index in [1.165, 1.54) is 12.1 Å². The van der Waals surface area contributed by atoms with Crippen LogP contribution >= 0.6 is 0 Å². The Bertz CT molecular complexity index is 699. The minimum atomic E-state index is -0.968. The number of carboxylic acids is 1. The molecule has 0 unspecified atom stereocenters. The molecule has 3 nitrogen and oxygen atoms in total. The topological polar surface area (TPSA) is 57.5 Å². The zero-order chi connectivity index (χ0) is 17.2. The molecule has 1 aliphatic rings. The predicted molar refractivity (Wildman–Crippen MR) is 89.2 cm³/mol. The van der Waals surface area contributed by atoms with Crippen molar-refractivity contribution in [3.63, 3.8) is 0 Å². The largest absolute Gasteiger partial charge is 0.481 e. The van der Waals surface area contributed by atoms with Crippen molar-refractivity contribution in [3.8, 4) is 0 Å². The summed E-state index contributed by atoms with van der Waals surface area (Å²) in [6.45, 7) is 0. The lowest BCUT2D eigenvalue weighted by Crippen LogP contribution is -2.42. The van der Waals surface area contributed by atoms with E-state index in [0.717, 1.165) is 11.1 Å². The Morgan fingerprint density at radius 1 is 1.12 bits per heavy atom. The molecule has 2 aromatic carbocycles. The molecule has 0 radical (unpaired) electrons. The van der Waals surface area contributed by atoms with Gasteiger partial charge < -0.3 is 10.2 Å². The van der Waals surface area contributed by atoms with Gasteiger partial charge in [0.25, 0.3) is 0 Å². The van der Waals surface area contributed by atoms with Crippen LogP contribution in [0.4, 0.5) is 4.39 Å². The number of carboxylic acid groups (broad SMARTS) is 1. The van der Waals surface area contributed by atoms with E-state index in [9.17, 15) is 19.4 Å². The quantitative estimate of drug-likeness (QED) is 0.898. The summed E-state index contributed by atoms with van der Waals surface area (Å²) >= 11 is 0. The van der Waals surface area contributed by atoms with Gasteiger partial charge in [0.05, 0.1) is 11.5 Å². The molecular formula is C20H21FO3. The summed E-state index contributed by atoms with van der Waals surface area (Å²) in [4.78, 5) is 11.6. The summed E-state index contributed by atoms with van der Waals surface area (Å²) in [5.74, 6) is -1.82. The van der Waals surface area contributed by atoms with Crippen molar-refractivity contribution >= 4 is 5.97 Å². The van der Waals surface area contributed by atoms with E-state index in [-0.39, 0.29) is 11.7 Å². The minimum Gasteiger partial charge on any atom is -0.481 e. The van der Waals surface area contributed by atoms with Gasteiger partial charge in [-0.3, -0.25) is 4.79 Å². The Morgan fingerprint density at radius 2 is 1.79 bits per heavy atom. The van der Waals surface area contributed by atoms with Gasteiger partial charge in [-0.1, -0.05) is 42.5 Å². The maximum atomic E-state index is 13.1. The molecule has 3 rings (SSSR count). The van der Waals surface area contributed by atoms with E-state index in [4.69, 9.17) is 0 Å². The standard InChI is InChI=1S/C20H21FO3/c21-16-8-6-14(7-9-16)12-20(24)11-10-17(19(22)23)18(13-20)15-4-2-1-3-5-15/h1-9,17-18,24H,10-13H2,(H,22,23)/t17-,18+,20-/m1/s1. The van der Waals surface area contributed by atoms with Gasteiger partial charge in [-0.15, -0.1) is 0 Å². The highest BCUT2D eigenvalue weighted by Crippen LogP contribution is 2.44. The summed E-state index contributed by atoms with van der Waals surface area (Å²) in [5.41, 5.74) is 0.839. The van der Waals surface area contributed by atoms with Gasteiger partial charge in [0.15, 0.2) is 0 Å². The van der Waals surface area contributed by atoms with Gasteiger partial charge in [-0.05, 0) is 48.4 Å². The smallest absolute Gasteiger partial charge is 0.307 e. The van der Waals surface area contributed by atoms with E-state index < -0.39 is 17.5 Å². The molecule has 0 amide bonds. The van der Waals surface area contributed by atoms with Crippen LogP contribution in [0.2, 0.25) is 0 Å². The number of halogens is 1. The highest BCUT2D eigenvalue weighted by molar-refractivity contribution is 5.71. The number of aliphatic carboxylic acids is 1. The average molecular weight is 328 g/mol. The summed E-state index contributed by atoms with van der Waals surface area (Å²) in [5, 5.41) is 20.6.